The van der Waals surface area contributed by atoms with Crippen LogP contribution in [0.15, 0.2) is 18.2 Å². The van der Waals surface area contributed by atoms with Gasteiger partial charge in [-0.05, 0) is 38.3 Å². The smallest absolute Gasteiger partial charge is 0.161 e. The summed E-state index contributed by atoms with van der Waals surface area (Å²) in [6, 6.07) is 6.06. The summed E-state index contributed by atoms with van der Waals surface area (Å²) >= 11 is 0. The normalized spacial score (nSPS) is 10.7. The number of nitrogens with one attached hydrogen (secondary N) is 1. The largest absolute Gasteiger partial charge is 0.493 e. The minimum Gasteiger partial charge on any atom is -0.493 e. The molecular weight excluding hydrogens is 228 g/mol. The van der Waals surface area contributed by atoms with Crippen LogP contribution in [0.4, 0.5) is 0 Å². The number of hydrogen-bond acceptors (Lipinski definition) is 4. The highest BCUT2D eigenvalue weighted by Gasteiger charge is 2.05. The summed E-state index contributed by atoms with van der Waals surface area (Å²) in [5.74, 6) is 1.60. The van der Waals surface area contributed by atoms with Crippen LogP contribution in [0.5, 0.6) is 11.5 Å². The van der Waals surface area contributed by atoms with E-state index in [9.17, 15) is 0 Å². The molecule has 0 aliphatic rings. The Morgan fingerprint density at radius 3 is 2.61 bits per heavy atom. The van der Waals surface area contributed by atoms with Gasteiger partial charge in [0, 0.05) is 13.1 Å². The second-order valence-electron chi connectivity index (χ2n) is 4.42. The van der Waals surface area contributed by atoms with Crippen LogP contribution in [0.25, 0.3) is 0 Å². The zero-order chi connectivity index (χ0) is 13.4. The molecule has 0 aliphatic heterocycles. The van der Waals surface area contributed by atoms with Crippen LogP contribution in [-0.2, 0) is 6.54 Å². The molecule has 1 aromatic rings. The lowest BCUT2D eigenvalue weighted by atomic mass is 10.2. The number of likely N-dealkylation sites (N-methyl/N-ethyl adjacent to an activating group) is 1. The molecule has 1 N–H and O–H groups in total. The Balaban J connectivity index is 2.61. The van der Waals surface area contributed by atoms with Crippen molar-refractivity contribution in [2.45, 2.75) is 13.5 Å². The van der Waals surface area contributed by atoms with Crippen LogP contribution in [0.3, 0.4) is 0 Å². The van der Waals surface area contributed by atoms with E-state index in [1.807, 2.05) is 26.2 Å². The molecule has 0 fully saturated rings. The van der Waals surface area contributed by atoms with Gasteiger partial charge in [0.2, 0.25) is 0 Å². The van der Waals surface area contributed by atoms with Crippen LogP contribution in [0.1, 0.15) is 12.5 Å². The Morgan fingerprint density at radius 1 is 1.22 bits per heavy atom. The molecule has 0 aromatic heterocycles. The monoisotopic (exact) mass is 252 g/mol. The maximum absolute atomic E-state index is 5.71. The summed E-state index contributed by atoms with van der Waals surface area (Å²) in [6.07, 6.45) is 0. The van der Waals surface area contributed by atoms with Crippen LogP contribution in [-0.4, -0.2) is 45.8 Å². The van der Waals surface area contributed by atoms with Crippen molar-refractivity contribution < 1.29 is 9.47 Å². The Morgan fingerprint density at radius 2 is 2.00 bits per heavy atom. The first-order valence-corrected chi connectivity index (χ1v) is 6.32. The molecule has 0 heterocycles. The highest BCUT2D eigenvalue weighted by molar-refractivity contribution is 5.42. The van der Waals surface area contributed by atoms with E-state index >= 15 is 0 Å². The minimum atomic E-state index is 0.663. The molecule has 1 rings (SSSR count). The maximum atomic E-state index is 5.71. The highest BCUT2D eigenvalue weighted by Crippen LogP contribution is 2.27. The van der Waals surface area contributed by atoms with Crippen LogP contribution in [0.2, 0.25) is 0 Å². The van der Waals surface area contributed by atoms with Crippen LogP contribution < -0.4 is 14.8 Å². The van der Waals surface area contributed by atoms with Gasteiger partial charge in [0.05, 0.1) is 7.11 Å². The number of benzene rings is 1. The SMILES string of the molecule is CCNCc1ccc(OCCN(C)C)c(OC)c1. The number of methoxy groups -OCH3 is 1. The second kappa shape index (κ2) is 7.95. The lowest BCUT2D eigenvalue weighted by Crippen LogP contribution is -2.19. The van der Waals surface area contributed by atoms with Gasteiger partial charge in [-0.3, -0.25) is 0 Å². The second-order valence-corrected chi connectivity index (χ2v) is 4.42. The van der Waals surface area contributed by atoms with E-state index in [0.717, 1.165) is 31.1 Å². The molecule has 1 aromatic carbocycles. The predicted octanol–water partition coefficient (Wildman–Crippen LogP) is 1.75. The van der Waals surface area contributed by atoms with E-state index < -0.39 is 0 Å². The molecule has 18 heavy (non-hydrogen) atoms. The lowest BCUT2D eigenvalue weighted by molar-refractivity contribution is 0.250. The topological polar surface area (TPSA) is 33.7 Å². The summed E-state index contributed by atoms with van der Waals surface area (Å²) in [4.78, 5) is 2.09. The van der Waals surface area contributed by atoms with Crippen molar-refractivity contribution in [2.75, 3.05) is 40.9 Å². The molecule has 0 amide bonds. The summed E-state index contributed by atoms with van der Waals surface area (Å²) in [7, 11) is 5.73. The summed E-state index contributed by atoms with van der Waals surface area (Å²) < 4.78 is 11.1. The molecule has 102 valence electrons. The molecule has 0 bridgehead atoms. The molecule has 0 radical (unpaired) electrons. The fourth-order valence-electron chi connectivity index (χ4n) is 1.55. The number of nitrogens with zero attached hydrogens (tertiary/aromatic N) is 1. The lowest BCUT2D eigenvalue weighted by Gasteiger charge is -2.14. The van der Waals surface area contributed by atoms with E-state index in [1.165, 1.54) is 5.56 Å². The van der Waals surface area contributed by atoms with Crippen molar-refractivity contribution >= 4 is 0 Å². The molecule has 4 heteroatoms. The van der Waals surface area contributed by atoms with E-state index in [4.69, 9.17) is 9.47 Å². The standard InChI is InChI=1S/C14H24N2O2/c1-5-15-11-12-6-7-13(14(10-12)17-4)18-9-8-16(2)3/h6-7,10,15H,5,8-9,11H2,1-4H3. The van der Waals surface area contributed by atoms with Gasteiger partial charge in [0.15, 0.2) is 11.5 Å². The quantitative estimate of drug-likeness (QED) is 0.764. The Hall–Kier alpha value is -1.26. The predicted molar refractivity (Wildman–Crippen MR) is 74.4 cm³/mol. The molecule has 0 spiro atoms. The maximum Gasteiger partial charge on any atom is 0.161 e. The molecule has 0 unspecified atom stereocenters. The zero-order valence-corrected chi connectivity index (χ0v) is 11.8. The molecule has 0 atom stereocenters. The molecular formula is C14H24N2O2. The fraction of sp³-hybridized carbons (Fsp3) is 0.571. The van der Waals surface area contributed by atoms with Crippen LogP contribution >= 0.6 is 0 Å². The average Bonchev–Trinajstić information content (AvgIpc) is 2.36. The first kappa shape index (κ1) is 14.8. The van der Waals surface area contributed by atoms with E-state index in [2.05, 4.69) is 23.2 Å². The zero-order valence-electron chi connectivity index (χ0n) is 11.8. The molecule has 0 saturated heterocycles. The van der Waals surface area contributed by atoms with Crippen molar-refractivity contribution in [3.63, 3.8) is 0 Å². The summed E-state index contributed by atoms with van der Waals surface area (Å²) in [5.41, 5.74) is 1.20. The molecule has 4 nitrogen and oxygen atoms in total. The van der Waals surface area contributed by atoms with Gasteiger partial charge in [0.1, 0.15) is 6.61 Å². The highest BCUT2D eigenvalue weighted by atomic mass is 16.5. The number of rotatable bonds is 8. The summed E-state index contributed by atoms with van der Waals surface area (Å²) in [5, 5.41) is 3.29. The van der Waals surface area contributed by atoms with Gasteiger partial charge >= 0.3 is 0 Å². The van der Waals surface area contributed by atoms with Crippen molar-refractivity contribution in [3.8, 4) is 11.5 Å². The third-order valence-corrected chi connectivity index (χ3v) is 2.60. The van der Waals surface area contributed by atoms with E-state index in [-0.39, 0.29) is 0 Å². The minimum absolute atomic E-state index is 0.663. The van der Waals surface area contributed by atoms with E-state index in [0.29, 0.717) is 6.61 Å². The van der Waals surface area contributed by atoms with E-state index in [1.54, 1.807) is 7.11 Å². The van der Waals surface area contributed by atoms with Gasteiger partial charge in [-0.15, -0.1) is 0 Å². The Bertz CT molecular complexity index is 354. The number of ether oxygens (including phenoxy) is 2. The van der Waals surface area contributed by atoms with Crippen molar-refractivity contribution in [3.05, 3.63) is 23.8 Å². The average molecular weight is 252 g/mol. The van der Waals surface area contributed by atoms with Crippen molar-refractivity contribution in [1.82, 2.24) is 10.2 Å². The third-order valence-electron chi connectivity index (χ3n) is 2.60. The van der Waals surface area contributed by atoms with Gasteiger partial charge < -0.3 is 19.7 Å². The van der Waals surface area contributed by atoms with Crippen LogP contribution in [0, 0.1) is 0 Å². The summed E-state index contributed by atoms with van der Waals surface area (Å²) in [6.45, 7) is 5.46. The van der Waals surface area contributed by atoms with Gasteiger partial charge in [0.25, 0.3) is 0 Å². The van der Waals surface area contributed by atoms with Crippen molar-refractivity contribution in [2.24, 2.45) is 0 Å². The molecule has 0 aliphatic carbocycles. The first-order chi connectivity index (χ1) is 8.67. The Labute approximate surface area is 110 Å². The molecule has 0 saturated carbocycles. The number of hydrogen-bond donors (Lipinski definition) is 1. The van der Waals surface area contributed by atoms with Crippen molar-refractivity contribution in [1.29, 1.82) is 0 Å². The first-order valence-electron chi connectivity index (χ1n) is 6.32. The third kappa shape index (κ3) is 4.94. The Kier molecular flexibility index (Phi) is 6.54. The van der Waals surface area contributed by atoms with Gasteiger partial charge in [-0.25, -0.2) is 0 Å². The van der Waals surface area contributed by atoms with Gasteiger partial charge in [-0.2, -0.15) is 0 Å². The fourth-order valence-corrected chi connectivity index (χ4v) is 1.55. The van der Waals surface area contributed by atoms with Gasteiger partial charge in [-0.1, -0.05) is 13.0 Å².